The van der Waals surface area contributed by atoms with Crippen molar-refractivity contribution < 1.29 is 14.2 Å². The van der Waals surface area contributed by atoms with Crippen LogP contribution in [0.3, 0.4) is 0 Å². The average molecular weight is 293 g/mol. The predicted molar refractivity (Wildman–Crippen MR) is 84.1 cm³/mol. The van der Waals surface area contributed by atoms with Gasteiger partial charge in [0.1, 0.15) is 0 Å². The summed E-state index contributed by atoms with van der Waals surface area (Å²) >= 11 is 0. The van der Waals surface area contributed by atoms with Gasteiger partial charge in [-0.25, -0.2) is 0 Å². The van der Waals surface area contributed by atoms with E-state index in [9.17, 15) is 0 Å². The monoisotopic (exact) mass is 293 g/mol. The zero-order chi connectivity index (χ0) is 15.3. The Morgan fingerprint density at radius 3 is 2.52 bits per heavy atom. The Morgan fingerprint density at radius 2 is 1.90 bits per heavy atom. The predicted octanol–water partition coefficient (Wildman–Crippen LogP) is 3.17. The van der Waals surface area contributed by atoms with Gasteiger partial charge in [0.2, 0.25) is 0 Å². The van der Waals surface area contributed by atoms with Gasteiger partial charge < -0.3 is 19.5 Å². The molecule has 21 heavy (non-hydrogen) atoms. The fourth-order valence-electron chi connectivity index (χ4n) is 2.83. The van der Waals surface area contributed by atoms with E-state index in [2.05, 4.69) is 25.2 Å². The molecule has 1 N–H and O–H groups in total. The van der Waals surface area contributed by atoms with Gasteiger partial charge in [0.05, 0.1) is 26.9 Å². The van der Waals surface area contributed by atoms with Crippen molar-refractivity contribution in [2.45, 2.75) is 32.8 Å². The summed E-state index contributed by atoms with van der Waals surface area (Å²) in [5.41, 5.74) is 1.38. The highest BCUT2D eigenvalue weighted by molar-refractivity contribution is 5.43. The molecule has 118 valence electrons. The second-order valence-corrected chi connectivity index (χ2v) is 5.75. The topological polar surface area (TPSA) is 39.7 Å². The molecule has 1 aromatic rings. The normalized spacial score (nSPS) is 21.6. The molecule has 1 atom stereocenters. The molecule has 1 aliphatic heterocycles. The lowest BCUT2D eigenvalue weighted by molar-refractivity contribution is 0.0102. The fraction of sp³-hybridized carbons (Fsp3) is 0.647. The maximum absolute atomic E-state index is 6.20. The van der Waals surface area contributed by atoms with Gasteiger partial charge in [0.15, 0.2) is 11.5 Å². The van der Waals surface area contributed by atoms with E-state index in [0.717, 1.165) is 49.6 Å². The second-order valence-electron chi connectivity index (χ2n) is 5.75. The van der Waals surface area contributed by atoms with E-state index in [1.807, 2.05) is 12.1 Å². The SMILES string of the molecule is CCC1(CC)CNCC(c2ccc(OC)c(OC)c2)OC1. The molecule has 0 radical (unpaired) electrons. The summed E-state index contributed by atoms with van der Waals surface area (Å²) in [4.78, 5) is 0. The van der Waals surface area contributed by atoms with Gasteiger partial charge in [-0.15, -0.1) is 0 Å². The minimum absolute atomic E-state index is 0.0600. The summed E-state index contributed by atoms with van der Waals surface area (Å²) in [5.74, 6) is 1.50. The van der Waals surface area contributed by atoms with Crippen LogP contribution in [0.15, 0.2) is 18.2 Å². The second kappa shape index (κ2) is 7.14. The molecule has 1 fully saturated rings. The largest absolute Gasteiger partial charge is 0.493 e. The van der Waals surface area contributed by atoms with E-state index in [1.165, 1.54) is 0 Å². The number of methoxy groups -OCH3 is 2. The van der Waals surface area contributed by atoms with E-state index in [0.29, 0.717) is 0 Å². The summed E-state index contributed by atoms with van der Waals surface area (Å²) < 4.78 is 16.9. The van der Waals surface area contributed by atoms with Gasteiger partial charge >= 0.3 is 0 Å². The van der Waals surface area contributed by atoms with Crippen LogP contribution in [0.2, 0.25) is 0 Å². The average Bonchev–Trinajstić information content (AvgIpc) is 2.77. The maximum atomic E-state index is 6.20. The number of nitrogens with one attached hydrogen (secondary N) is 1. The van der Waals surface area contributed by atoms with Crippen LogP contribution in [-0.2, 0) is 4.74 Å². The van der Waals surface area contributed by atoms with Crippen molar-refractivity contribution in [3.05, 3.63) is 23.8 Å². The molecule has 4 nitrogen and oxygen atoms in total. The Morgan fingerprint density at radius 1 is 1.19 bits per heavy atom. The third-order valence-corrected chi connectivity index (χ3v) is 4.70. The first-order chi connectivity index (χ1) is 10.2. The third-order valence-electron chi connectivity index (χ3n) is 4.70. The molecule has 0 aromatic heterocycles. The zero-order valence-electron chi connectivity index (χ0n) is 13.6. The molecule has 1 saturated heterocycles. The minimum Gasteiger partial charge on any atom is -0.493 e. The van der Waals surface area contributed by atoms with E-state index in [1.54, 1.807) is 14.2 Å². The van der Waals surface area contributed by atoms with Crippen LogP contribution in [0.1, 0.15) is 38.4 Å². The van der Waals surface area contributed by atoms with Gasteiger partial charge in [-0.05, 0) is 30.5 Å². The third kappa shape index (κ3) is 3.50. The lowest BCUT2D eigenvalue weighted by atomic mass is 9.83. The van der Waals surface area contributed by atoms with Crippen molar-refractivity contribution in [1.82, 2.24) is 5.32 Å². The Bertz CT molecular complexity index is 457. The van der Waals surface area contributed by atoms with E-state index < -0.39 is 0 Å². The quantitative estimate of drug-likeness (QED) is 0.905. The summed E-state index contributed by atoms with van der Waals surface area (Å²) in [6.07, 6.45) is 2.33. The van der Waals surface area contributed by atoms with Gasteiger partial charge in [0.25, 0.3) is 0 Å². The maximum Gasteiger partial charge on any atom is 0.161 e. The minimum atomic E-state index is 0.0600. The molecule has 1 aliphatic rings. The first-order valence-electron chi connectivity index (χ1n) is 7.72. The molecule has 1 aromatic carbocycles. The fourth-order valence-corrected chi connectivity index (χ4v) is 2.83. The molecule has 0 bridgehead atoms. The van der Waals surface area contributed by atoms with Crippen LogP contribution in [0.4, 0.5) is 0 Å². The molecule has 4 heteroatoms. The van der Waals surface area contributed by atoms with Gasteiger partial charge in [-0.2, -0.15) is 0 Å². The molecule has 2 rings (SSSR count). The van der Waals surface area contributed by atoms with Gasteiger partial charge in [-0.1, -0.05) is 19.9 Å². The summed E-state index contributed by atoms with van der Waals surface area (Å²) in [6.45, 7) is 7.13. The number of ether oxygens (including phenoxy) is 3. The molecule has 1 unspecified atom stereocenters. The Kier molecular flexibility index (Phi) is 5.48. The highest BCUT2D eigenvalue weighted by atomic mass is 16.5. The van der Waals surface area contributed by atoms with Crippen molar-refractivity contribution in [3.8, 4) is 11.5 Å². The first-order valence-corrected chi connectivity index (χ1v) is 7.72. The Labute approximate surface area is 127 Å². The van der Waals surface area contributed by atoms with Crippen LogP contribution in [-0.4, -0.2) is 33.9 Å². The number of benzene rings is 1. The Hall–Kier alpha value is -1.26. The van der Waals surface area contributed by atoms with E-state index in [4.69, 9.17) is 14.2 Å². The van der Waals surface area contributed by atoms with Crippen molar-refractivity contribution in [2.24, 2.45) is 5.41 Å². The summed E-state index contributed by atoms with van der Waals surface area (Å²) in [5, 5.41) is 3.56. The molecule has 0 saturated carbocycles. The van der Waals surface area contributed by atoms with Gasteiger partial charge in [0, 0.05) is 18.5 Å². The molecular weight excluding hydrogens is 266 g/mol. The van der Waals surface area contributed by atoms with E-state index >= 15 is 0 Å². The molecular formula is C17H27NO3. The first kappa shape index (κ1) is 16.1. The molecule has 0 spiro atoms. The molecule has 1 heterocycles. The standard InChI is InChI=1S/C17H27NO3/c1-5-17(6-2)11-18-10-16(21-12-17)13-7-8-14(19-3)15(9-13)20-4/h7-9,16,18H,5-6,10-12H2,1-4H3. The molecule has 0 amide bonds. The summed E-state index contributed by atoms with van der Waals surface area (Å²) in [7, 11) is 3.31. The van der Waals surface area contributed by atoms with Gasteiger partial charge in [-0.3, -0.25) is 0 Å². The Balaban J connectivity index is 2.15. The van der Waals surface area contributed by atoms with Crippen molar-refractivity contribution in [1.29, 1.82) is 0 Å². The number of hydrogen-bond acceptors (Lipinski definition) is 4. The van der Waals surface area contributed by atoms with Crippen molar-refractivity contribution in [3.63, 3.8) is 0 Å². The van der Waals surface area contributed by atoms with Crippen LogP contribution >= 0.6 is 0 Å². The highest BCUT2D eigenvalue weighted by Gasteiger charge is 2.31. The summed E-state index contributed by atoms with van der Waals surface area (Å²) in [6, 6.07) is 6.00. The van der Waals surface area contributed by atoms with Crippen LogP contribution in [0.5, 0.6) is 11.5 Å². The molecule has 0 aliphatic carbocycles. The van der Waals surface area contributed by atoms with Crippen LogP contribution in [0.25, 0.3) is 0 Å². The lowest BCUT2D eigenvalue weighted by Gasteiger charge is -2.29. The van der Waals surface area contributed by atoms with E-state index in [-0.39, 0.29) is 11.5 Å². The zero-order valence-corrected chi connectivity index (χ0v) is 13.6. The lowest BCUT2D eigenvalue weighted by Crippen LogP contribution is -2.34. The van der Waals surface area contributed by atoms with Crippen LogP contribution in [0, 0.1) is 5.41 Å². The van der Waals surface area contributed by atoms with Crippen LogP contribution < -0.4 is 14.8 Å². The smallest absolute Gasteiger partial charge is 0.161 e. The number of rotatable bonds is 5. The highest BCUT2D eigenvalue weighted by Crippen LogP contribution is 2.34. The van der Waals surface area contributed by atoms with Crippen molar-refractivity contribution in [2.75, 3.05) is 33.9 Å². The number of hydrogen-bond donors (Lipinski definition) is 1. The van der Waals surface area contributed by atoms with Crippen molar-refractivity contribution >= 4 is 0 Å².